The van der Waals surface area contributed by atoms with E-state index in [9.17, 15) is 9.59 Å². The normalized spacial score (nSPS) is 14.3. The zero-order valence-corrected chi connectivity index (χ0v) is 18.6. The number of aromatic nitrogens is 2. The van der Waals surface area contributed by atoms with Crippen molar-refractivity contribution in [2.75, 3.05) is 17.2 Å². The Morgan fingerprint density at radius 3 is 2.52 bits per heavy atom. The third kappa shape index (κ3) is 4.82. The first kappa shape index (κ1) is 21.2. The molecule has 1 N–H and O–H groups in total. The topological polar surface area (TPSA) is 67.2 Å². The average Bonchev–Trinajstić information content (AvgIpc) is 3.12. The first-order valence-corrected chi connectivity index (χ1v) is 11.4. The summed E-state index contributed by atoms with van der Waals surface area (Å²) in [4.78, 5) is 27.0. The minimum absolute atomic E-state index is 0.00337. The van der Waals surface area contributed by atoms with Gasteiger partial charge in [0.05, 0.1) is 22.8 Å². The Bertz CT molecular complexity index is 1070. The van der Waals surface area contributed by atoms with Crippen LogP contribution >= 0.6 is 11.8 Å². The highest BCUT2D eigenvalue weighted by atomic mass is 32.2. The molecule has 1 aliphatic rings. The molecular weight excluding hydrogens is 408 g/mol. The molecule has 0 spiro atoms. The molecule has 1 aromatic heterocycles. The molecule has 0 saturated heterocycles. The van der Waals surface area contributed by atoms with Crippen molar-refractivity contribution >= 4 is 29.3 Å². The molecule has 0 fully saturated rings. The van der Waals surface area contributed by atoms with Gasteiger partial charge in [-0.05, 0) is 44.4 Å². The molecule has 0 saturated carbocycles. The van der Waals surface area contributed by atoms with E-state index in [1.807, 2.05) is 67.1 Å². The van der Waals surface area contributed by atoms with Crippen LogP contribution in [0.4, 0.5) is 5.69 Å². The van der Waals surface area contributed by atoms with E-state index in [-0.39, 0.29) is 24.4 Å². The lowest BCUT2D eigenvalue weighted by Crippen LogP contribution is -2.45. The Morgan fingerprint density at radius 2 is 1.81 bits per heavy atom. The van der Waals surface area contributed by atoms with Gasteiger partial charge in [-0.25, -0.2) is 4.68 Å². The summed E-state index contributed by atoms with van der Waals surface area (Å²) in [6.07, 6.45) is 1.74. The van der Waals surface area contributed by atoms with Crippen LogP contribution in [0, 0.1) is 6.92 Å². The fraction of sp³-hybridized carbons (Fsp3) is 0.292. The Morgan fingerprint density at radius 1 is 1.13 bits per heavy atom. The number of nitrogens with one attached hydrogen (secondary N) is 1. The summed E-state index contributed by atoms with van der Waals surface area (Å²) < 4.78 is 1.86. The summed E-state index contributed by atoms with van der Waals surface area (Å²) in [7, 11) is 0. The van der Waals surface area contributed by atoms with Crippen LogP contribution in [0.15, 0.2) is 65.7 Å². The van der Waals surface area contributed by atoms with Crippen LogP contribution in [0.1, 0.15) is 24.6 Å². The number of nitrogens with zero attached hydrogens (tertiary/aromatic N) is 3. The summed E-state index contributed by atoms with van der Waals surface area (Å²) >= 11 is 1.47. The zero-order chi connectivity index (χ0) is 21.8. The van der Waals surface area contributed by atoms with Crippen LogP contribution in [0.5, 0.6) is 0 Å². The summed E-state index contributed by atoms with van der Waals surface area (Å²) in [5.74, 6) is 0.0702. The van der Waals surface area contributed by atoms with Crippen molar-refractivity contribution in [3.63, 3.8) is 0 Å². The first-order valence-electron chi connectivity index (χ1n) is 10.4. The van der Waals surface area contributed by atoms with Gasteiger partial charge in [0.2, 0.25) is 11.8 Å². The molecule has 4 rings (SSSR count). The molecule has 7 heteroatoms. The molecule has 160 valence electrons. The van der Waals surface area contributed by atoms with Crippen LogP contribution in [0.2, 0.25) is 0 Å². The molecule has 31 heavy (non-hydrogen) atoms. The van der Waals surface area contributed by atoms with Crippen LogP contribution in [0.3, 0.4) is 0 Å². The van der Waals surface area contributed by atoms with E-state index in [0.717, 1.165) is 34.9 Å². The van der Waals surface area contributed by atoms with E-state index < -0.39 is 0 Å². The van der Waals surface area contributed by atoms with Gasteiger partial charge >= 0.3 is 0 Å². The highest BCUT2D eigenvalue weighted by Crippen LogP contribution is 2.39. The number of thioether (sulfide) groups is 1. The average molecular weight is 435 g/mol. The Hall–Kier alpha value is -3.06. The highest BCUT2D eigenvalue weighted by molar-refractivity contribution is 8.00. The second kappa shape index (κ2) is 9.39. The summed E-state index contributed by atoms with van der Waals surface area (Å²) in [5.41, 5.74) is 3.66. The number of anilines is 1. The van der Waals surface area contributed by atoms with E-state index in [1.54, 1.807) is 4.90 Å². The number of hydrogen-bond donors (Lipinski definition) is 1. The van der Waals surface area contributed by atoms with Gasteiger partial charge in [0.1, 0.15) is 11.6 Å². The van der Waals surface area contributed by atoms with Crippen LogP contribution in [-0.2, 0) is 16.0 Å². The Labute approximate surface area is 186 Å². The van der Waals surface area contributed by atoms with Crippen molar-refractivity contribution in [2.45, 2.75) is 37.8 Å². The van der Waals surface area contributed by atoms with Crippen molar-refractivity contribution < 1.29 is 9.59 Å². The summed E-state index contributed by atoms with van der Waals surface area (Å²) in [5, 5.41) is 8.59. The molecule has 0 aliphatic carbocycles. The van der Waals surface area contributed by atoms with Crippen molar-refractivity contribution in [3.05, 3.63) is 71.9 Å². The predicted molar refractivity (Wildman–Crippen MR) is 124 cm³/mol. The number of rotatable bonds is 7. The molecular formula is C24H26N4O2S. The number of carbonyl (C=O) groups excluding carboxylic acids is 2. The van der Waals surface area contributed by atoms with E-state index in [2.05, 4.69) is 22.5 Å². The molecule has 0 bridgehead atoms. The molecule has 2 amide bonds. The van der Waals surface area contributed by atoms with E-state index in [4.69, 9.17) is 0 Å². The maximum Gasteiger partial charge on any atom is 0.240 e. The van der Waals surface area contributed by atoms with Gasteiger partial charge in [0, 0.05) is 6.04 Å². The van der Waals surface area contributed by atoms with Crippen LogP contribution < -0.4 is 10.2 Å². The predicted octanol–water partition coefficient (Wildman–Crippen LogP) is 3.76. The molecule has 0 radical (unpaired) electrons. The molecule has 6 nitrogen and oxygen atoms in total. The smallest absolute Gasteiger partial charge is 0.240 e. The van der Waals surface area contributed by atoms with E-state index in [1.165, 1.54) is 17.3 Å². The van der Waals surface area contributed by atoms with Gasteiger partial charge in [-0.2, -0.15) is 5.10 Å². The van der Waals surface area contributed by atoms with Crippen LogP contribution in [0.25, 0.3) is 5.69 Å². The number of benzene rings is 2. The SMILES string of the molecule is Cc1nn(-c2ccccc2)c2c1N(CC(=O)N[C@H](C)CCc1ccccc1)C(=O)CS2. The summed E-state index contributed by atoms with van der Waals surface area (Å²) in [6, 6.07) is 20.1. The van der Waals surface area contributed by atoms with E-state index in [0.29, 0.717) is 5.75 Å². The van der Waals surface area contributed by atoms with Crippen LogP contribution in [-0.4, -0.2) is 39.9 Å². The fourth-order valence-electron chi connectivity index (χ4n) is 3.75. The maximum absolute atomic E-state index is 12.7. The van der Waals surface area contributed by atoms with Gasteiger partial charge < -0.3 is 5.32 Å². The van der Waals surface area contributed by atoms with Gasteiger partial charge in [-0.1, -0.05) is 60.3 Å². The monoisotopic (exact) mass is 434 g/mol. The van der Waals surface area contributed by atoms with Gasteiger partial charge in [-0.3, -0.25) is 14.5 Å². The van der Waals surface area contributed by atoms with Crippen molar-refractivity contribution in [2.24, 2.45) is 0 Å². The minimum atomic E-state index is -0.154. The fourth-order valence-corrected chi connectivity index (χ4v) is 4.83. The van der Waals surface area contributed by atoms with Crippen molar-refractivity contribution in [1.29, 1.82) is 0 Å². The first-order chi connectivity index (χ1) is 15.0. The molecule has 3 aromatic rings. The van der Waals surface area contributed by atoms with Crippen molar-refractivity contribution in [1.82, 2.24) is 15.1 Å². The third-order valence-corrected chi connectivity index (χ3v) is 6.34. The number of aryl methyl sites for hydroxylation is 2. The van der Waals surface area contributed by atoms with Crippen molar-refractivity contribution in [3.8, 4) is 5.69 Å². The zero-order valence-electron chi connectivity index (χ0n) is 17.7. The third-order valence-electron chi connectivity index (χ3n) is 5.31. The largest absolute Gasteiger partial charge is 0.352 e. The number of para-hydroxylation sites is 1. The lowest BCUT2D eigenvalue weighted by atomic mass is 10.1. The number of amides is 2. The van der Waals surface area contributed by atoms with Gasteiger partial charge in [0.25, 0.3) is 0 Å². The second-order valence-electron chi connectivity index (χ2n) is 7.75. The molecule has 1 aliphatic heterocycles. The summed E-state index contributed by atoms with van der Waals surface area (Å²) in [6.45, 7) is 3.88. The standard InChI is InChI=1S/C24H26N4O2S/c1-17(13-14-19-9-5-3-6-10-19)25-21(29)15-27-22(30)16-31-24-23(27)18(2)26-28(24)20-11-7-4-8-12-20/h3-12,17H,13-16H2,1-2H3,(H,25,29)/t17-/m1/s1. The second-order valence-corrected chi connectivity index (χ2v) is 8.71. The minimum Gasteiger partial charge on any atom is -0.352 e. The molecule has 2 aromatic carbocycles. The Balaban J connectivity index is 1.45. The number of hydrogen-bond acceptors (Lipinski definition) is 4. The molecule has 0 unspecified atom stereocenters. The number of fused-ring (bicyclic) bond motifs is 1. The van der Waals surface area contributed by atoms with E-state index >= 15 is 0 Å². The lowest BCUT2D eigenvalue weighted by molar-refractivity contribution is -0.123. The molecule has 1 atom stereocenters. The lowest BCUT2D eigenvalue weighted by Gasteiger charge is -2.27. The quantitative estimate of drug-likeness (QED) is 0.615. The van der Waals surface area contributed by atoms with Gasteiger partial charge in [-0.15, -0.1) is 0 Å². The Kier molecular flexibility index (Phi) is 6.42. The highest BCUT2D eigenvalue weighted by Gasteiger charge is 2.32. The van der Waals surface area contributed by atoms with Gasteiger partial charge in [0.15, 0.2) is 0 Å². The maximum atomic E-state index is 12.7. The number of carbonyl (C=O) groups is 2. The molecule has 2 heterocycles.